The van der Waals surface area contributed by atoms with Gasteiger partial charge in [-0.25, -0.2) is 0 Å². The highest BCUT2D eigenvalue weighted by atomic mass is 16.3. The van der Waals surface area contributed by atoms with Gasteiger partial charge >= 0.3 is 0 Å². The zero-order valence-electron chi connectivity index (χ0n) is 11.0. The predicted molar refractivity (Wildman–Crippen MR) is 69.6 cm³/mol. The lowest BCUT2D eigenvalue weighted by atomic mass is 9.75. The standard InChI is InChI=1S/C15H25NO/c1-3-12(2)16-15(8-9-15)14(6-7-14)13(4-5-13)10-11-17/h16-17H,2-11H2,1H3. The molecule has 96 valence electrons. The van der Waals surface area contributed by atoms with Crippen LogP contribution < -0.4 is 5.32 Å². The van der Waals surface area contributed by atoms with Crippen LogP contribution in [0.3, 0.4) is 0 Å². The topological polar surface area (TPSA) is 32.3 Å². The van der Waals surface area contributed by atoms with Crippen molar-refractivity contribution in [3.05, 3.63) is 12.3 Å². The van der Waals surface area contributed by atoms with Crippen molar-refractivity contribution in [3.8, 4) is 0 Å². The lowest BCUT2D eigenvalue weighted by Crippen LogP contribution is -2.44. The molecule has 3 aliphatic carbocycles. The predicted octanol–water partition coefficient (Wildman–Crippen LogP) is 2.98. The van der Waals surface area contributed by atoms with Crippen molar-refractivity contribution >= 4 is 0 Å². The zero-order chi connectivity index (χ0) is 12.1. The molecule has 0 aliphatic heterocycles. The van der Waals surface area contributed by atoms with Crippen LogP contribution in [0.15, 0.2) is 12.3 Å². The molecule has 0 aromatic carbocycles. The first-order valence-corrected chi connectivity index (χ1v) is 7.21. The van der Waals surface area contributed by atoms with Crippen molar-refractivity contribution in [2.45, 2.75) is 63.8 Å². The fraction of sp³-hybridized carbons (Fsp3) is 0.867. The molecule has 0 radical (unpaired) electrons. The Kier molecular flexibility index (Phi) is 2.39. The number of nitrogens with one attached hydrogen (secondary N) is 1. The molecule has 3 rings (SSSR count). The summed E-state index contributed by atoms with van der Waals surface area (Å²) in [6.07, 6.45) is 10.1. The molecule has 0 heterocycles. The van der Waals surface area contributed by atoms with Crippen molar-refractivity contribution < 1.29 is 5.11 Å². The maximum Gasteiger partial charge on any atom is 0.0436 e. The molecule has 0 unspecified atom stereocenters. The van der Waals surface area contributed by atoms with Crippen LogP contribution in [0.2, 0.25) is 0 Å². The van der Waals surface area contributed by atoms with E-state index in [4.69, 9.17) is 0 Å². The molecular weight excluding hydrogens is 210 g/mol. The molecule has 0 atom stereocenters. The molecule has 0 spiro atoms. The normalized spacial score (nSPS) is 29.5. The van der Waals surface area contributed by atoms with Crippen molar-refractivity contribution in [3.63, 3.8) is 0 Å². The summed E-state index contributed by atoms with van der Waals surface area (Å²) < 4.78 is 0. The lowest BCUT2D eigenvalue weighted by Gasteiger charge is -2.36. The number of aliphatic hydroxyl groups excluding tert-OH is 1. The minimum Gasteiger partial charge on any atom is -0.396 e. The van der Waals surface area contributed by atoms with Crippen molar-refractivity contribution in [2.75, 3.05) is 6.61 Å². The maximum absolute atomic E-state index is 9.31. The molecule has 2 N–H and O–H groups in total. The van der Waals surface area contributed by atoms with E-state index in [1.165, 1.54) is 44.2 Å². The van der Waals surface area contributed by atoms with Crippen LogP contribution in [0.1, 0.15) is 58.3 Å². The number of aliphatic hydroxyl groups is 1. The molecule has 0 aromatic heterocycles. The second kappa shape index (κ2) is 3.50. The molecule has 3 saturated carbocycles. The molecule has 3 aliphatic rings. The van der Waals surface area contributed by atoms with Crippen LogP contribution in [-0.2, 0) is 0 Å². The van der Waals surface area contributed by atoms with Gasteiger partial charge < -0.3 is 10.4 Å². The smallest absolute Gasteiger partial charge is 0.0436 e. The van der Waals surface area contributed by atoms with Gasteiger partial charge in [0.15, 0.2) is 0 Å². The molecule has 0 amide bonds. The van der Waals surface area contributed by atoms with E-state index in [9.17, 15) is 5.11 Å². The summed E-state index contributed by atoms with van der Waals surface area (Å²) in [6, 6.07) is 0. The Labute approximate surface area is 104 Å². The van der Waals surface area contributed by atoms with E-state index in [0.29, 0.717) is 23.0 Å². The van der Waals surface area contributed by atoms with Gasteiger partial charge in [0.05, 0.1) is 0 Å². The molecule has 17 heavy (non-hydrogen) atoms. The first-order valence-electron chi connectivity index (χ1n) is 7.21. The first-order chi connectivity index (χ1) is 8.14. The minimum atomic E-state index is 0.367. The minimum absolute atomic E-state index is 0.367. The van der Waals surface area contributed by atoms with E-state index < -0.39 is 0 Å². The largest absolute Gasteiger partial charge is 0.396 e. The van der Waals surface area contributed by atoms with Crippen LogP contribution >= 0.6 is 0 Å². The highest BCUT2D eigenvalue weighted by Crippen LogP contribution is 2.80. The quantitative estimate of drug-likeness (QED) is 0.711. The zero-order valence-corrected chi connectivity index (χ0v) is 11.0. The van der Waals surface area contributed by atoms with Gasteiger partial charge in [-0.15, -0.1) is 0 Å². The summed E-state index contributed by atoms with van der Waals surface area (Å²) in [5.74, 6) is 0. The van der Waals surface area contributed by atoms with E-state index >= 15 is 0 Å². The Balaban J connectivity index is 1.77. The monoisotopic (exact) mass is 235 g/mol. The van der Waals surface area contributed by atoms with E-state index in [2.05, 4.69) is 18.8 Å². The summed E-state index contributed by atoms with van der Waals surface area (Å²) in [5, 5.41) is 13.1. The molecule has 2 nitrogen and oxygen atoms in total. The Hall–Kier alpha value is -0.500. The van der Waals surface area contributed by atoms with E-state index in [1.54, 1.807) is 0 Å². The Bertz CT molecular complexity index is 335. The maximum atomic E-state index is 9.31. The molecule has 0 saturated heterocycles. The highest BCUT2D eigenvalue weighted by Gasteiger charge is 2.76. The molecule has 0 bridgehead atoms. The number of hydrogen-bond acceptors (Lipinski definition) is 2. The van der Waals surface area contributed by atoms with Gasteiger partial charge in [0, 0.05) is 17.8 Å². The summed E-state index contributed by atoms with van der Waals surface area (Å²) in [5.41, 5.74) is 2.57. The molecule has 2 heteroatoms. The van der Waals surface area contributed by atoms with E-state index in [0.717, 1.165) is 12.8 Å². The highest BCUT2D eigenvalue weighted by molar-refractivity contribution is 5.31. The first kappa shape index (κ1) is 11.6. The van der Waals surface area contributed by atoms with Crippen molar-refractivity contribution in [1.82, 2.24) is 5.32 Å². The number of allylic oxidation sites excluding steroid dienone is 1. The molecular formula is C15H25NO. The fourth-order valence-corrected chi connectivity index (χ4v) is 4.25. The SMILES string of the molecule is C=C(CC)NC1(C2(C3(CCO)CC3)CC2)CC1. The summed E-state index contributed by atoms with van der Waals surface area (Å²) in [4.78, 5) is 0. The Morgan fingerprint density at radius 3 is 2.18 bits per heavy atom. The van der Waals surface area contributed by atoms with Gasteiger partial charge in [-0.3, -0.25) is 0 Å². The van der Waals surface area contributed by atoms with Crippen molar-refractivity contribution in [2.24, 2.45) is 10.8 Å². The van der Waals surface area contributed by atoms with Gasteiger partial charge in [-0.2, -0.15) is 0 Å². The number of rotatable bonds is 7. The fourth-order valence-electron chi connectivity index (χ4n) is 4.25. The van der Waals surface area contributed by atoms with Gasteiger partial charge in [0.2, 0.25) is 0 Å². The summed E-state index contributed by atoms with van der Waals surface area (Å²) in [6.45, 7) is 6.67. The van der Waals surface area contributed by atoms with Crippen LogP contribution in [0, 0.1) is 10.8 Å². The molecule has 0 aromatic rings. The van der Waals surface area contributed by atoms with Crippen molar-refractivity contribution in [1.29, 1.82) is 0 Å². The third-order valence-corrected chi connectivity index (χ3v) is 5.72. The second-order valence-corrected chi connectivity index (χ2v) is 6.50. The lowest BCUT2D eigenvalue weighted by molar-refractivity contribution is 0.143. The third kappa shape index (κ3) is 1.49. The second-order valence-electron chi connectivity index (χ2n) is 6.50. The van der Waals surface area contributed by atoms with Gasteiger partial charge in [0.1, 0.15) is 0 Å². The van der Waals surface area contributed by atoms with Crippen LogP contribution in [0.5, 0.6) is 0 Å². The van der Waals surface area contributed by atoms with Gasteiger partial charge in [0.25, 0.3) is 0 Å². The average molecular weight is 235 g/mol. The number of hydrogen-bond donors (Lipinski definition) is 2. The van der Waals surface area contributed by atoms with Gasteiger partial charge in [-0.05, 0) is 62.2 Å². The van der Waals surface area contributed by atoms with Gasteiger partial charge in [-0.1, -0.05) is 13.5 Å². The summed E-state index contributed by atoms with van der Waals surface area (Å²) >= 11 is 0. The van der Waals surface area contributed by atoms with Crippen LogP contribution in [0.25, 0.3) is 0 Å². The van der Waals surface area contributed by atoms with Crippen LogP contribution in [0.4, 0.5) is 0 Å². The summed E-state index contributed by atoms with van der Waals surface area (Å²) in [7, 11) is 0. The average Bonchev–Trinajstić information content (AvgIpc) is 3.08. The third-order valence-electron chi connectivity index (χ3n) is 5.72. The molecule has 3 fully saturated rings. The Morgan fingerprint density at radius 1 is 1.18 bits per heavy atom. The van der Waals surface area contributed by atoms with E-state index in [1.807, 2.05) is 0 Å². The van der Waals surface area contributed by atoms with E-state index in [-0.39, 0.29) is 0 Å². The van der Waals surface area contributed by atoms with Crippen LogP contribution in [-0.4, -0.2) is 17.3 Å². The Morgan fingerprint density at radius 2 is 1.82 bits per heavy atom.